The number of carbonyl (C=O) groups is 3. The highest BCUT2D eigenvalue weighted by Gasteiger charge is 2.21. The fourth-order valence-electron chi connectivity index (χ4n) is 5.26. The maximum Gasteiger partial charge on any atom is 0.330 e. The van der Waals surface area contributed by atoms with Crippen LogP contribution in [0.3, 0.4) is 0 Å². The lowest BCUT2D eigenvalue weighted by Gasteiger charge is -2.25. The number of nitrogens with one attached hydrogen (secondary N) is 1. The predicted molar refractivity (Wildman–Crippen MR) is 191 cm³/mol. The molecule has 2 atom stereocenters. The summed E-state index contributed by atoms with van der Waals surface area (Å²) in [6.07, 6.45) is 26.9. The summed E-state index contributed by atoms with van der Waals surface area (Å²) in [5.41, 5.74) is 0. The molecule has 0 bridgehead atoms. The number of hydrogen-bond acceptors (Lipinski definition) is 11. The van der Waals surface area contributed by atoms with Crippen LogP contribution in [0, 0.1) is 5.41 Å². The van der Waals surface area contributed by atoms with Gasteiger partial charge in [0, 0.05) is 25.1 Å². The van der Waals surface area contributed by atoms with Crippen molar-refractivity contribution in [2.75, 3.05) is 26.4 Å². The zero-order valence-electron chi connectivity index (χ0n) is 30.5. The van der Waals surface area contributed by atoms with Gasteiger partial charge in [-0.2, -0.15) is 0 Å². The van der Waals surface area contributed by atoms with E-state index in [-0.39, 0.29) is 25.4 Å². The SMILES string of the molecule is C=CC(=O)OCCCCCCCCCCCCC(=O)OC(COC(=O)CCCCCCCCCCCCCCC)COP(=O)([O-])OCC=N. The molecule has 286 valence electrons. The van der Waals surface area contributed by atoms with Crippen molar-refractivity contribution in [2.24, 2.45) is 0 Å². The van der Waals surface area contributed by atoms with Crippen molar-refractivity contribution >= 4 is 31.9 Å². The van der Waals surface area contributed by atoms with Crippen LogP contribution in [-0.2, 0) is 42.2 Å². The zero-order chi connectivity index (χ0) is 36.3. The van der Waals surface area contributed by atoms with E-state index in [9.17, 15) is 23.8 Å². The highest BCUT2D eigenvalue weighted by atomic mass is 31.2. The third-order valence-electron chi connectivity index (χ3n) is 8.13. The molecule has 0 rings (SSSR count). The number of esters is 3. The molecule has 0 aromatic heterocycles. The minimum Gasteiger partial charge on any atom is -0.756 e. The molecule has 11 nitrogen and oxygen atoms in total. The van der Waals surface area contributed by atoms with Gasteiger partial charge in [0.05, 0.1) is 19.8 Å². The van der Waals surface area contributed by atoms with Crippen molar-refractivity contribution in [3.05, 3.63) is 12.7 Å². The number of phosphoric ester groups is 1. The van der Waals surface area contributed by atoms with Gasteiger partial charge in [-0.15, -0.1) is 0 Å². The van der Waals surface area contributed by atoms with Crippen LogP contribution < -0.4 is 4.89 Å². The molecule has 0 amide bonds. The molecule has 49 heavy (non-hydrogen) atoms. The normalized spacial score (nSPS) is 12.9. The summed E-state index contributed by atoms with van der Waals surface area (Å²) in [5.74, 6) is -1.32. The van der Waals surface area contributed by atoms with Crippen molar-refractivity contribution < 1.29 is 47.1 Å². The summed E-state index contributed by atoms with van der Waals surface area (Å²) in [4.78, 5) is 47.7. The van der Waals surface area contributed by atoms with Gasteiger partial charge in [-0.1, -0.05) is 142 Å². The lowest BCUT2D eigenvalue weighted by Crippen LogP contribution is -2.30. The molecule has 2 unspecified atom stereocenters. The molecule has 0 radical (unpaired) electrons. The maximum atomic E-state index is 12.5. The second-order valence-electron chi connectivity index (χ2n) is 12.7. The summed E-state index contributed by atoms with van der Waals surface area (Å²) < 4.78 is 36.9. The monoisotopic (exact) mass is 716 g/mol. The van der Waals surface area contributed by atoms with E-state index in [0.717, 1.165) is 83.3 Å². The first-order valence-corrected chi connectivity index (χ1v) is 20.4. The highest BCUT2D eigenvalue weighted by Crippen LogP contribution is 2.38. The standard InChI is InChI=1S/C37H68NO10P/c1-3-5-6-7-8-9-10-11-12-15-18-21-24-27-36(40)45-32-34(33-47-49(42,43)46-31-29-38)48-37(41)28-25-22-19-16-13-14-17-20-23-26-30-44-35(39)4-2/h4,29,34,38H,2-3,5-28,30-33H2,1H3,(H,42,43)/p-1. The van der Waals surface area contributed by atoms with Gasteiger partial charge in [-0.25, -0.2) is 4.79 Å². The summed E-state index contributed by atoms with van der Waals surface area (Å²) in [6, 6.07) is 0. The fraction of sp³-hybridized carbons (Fsp3) is 0.838. The van der Waals surface area contributed by atoms with E-state index in [1.807, 2.05) is 0 Å². The molecule has 0 saturated heterocycles. The van der Waals surface area contributed by atoms with Gasteiger partial charge in [0.25, 0.3) is 7.82 Å². The molecule has 0 aliphatic carbocycles. The topological polar surface area (TPSA) is 161 Å². The van der Waals surface area contributed by atoms with E-state index in [1.54, 1.807) is 0 Å². The molecular weight excluding hydrogens is 649 g/mol. The summed E-state index contributed by atoms with van der Waals surface area (Å²) >= 11 is 0. The van der Waals surface area contributed by atoms with Crippen molar-refractivity contribution in [1.29, 1.82) is 5.41 Å². The van der Waals surface area contributed by atoms with E-state index >= 15 is 0 Å². The van der Waals surface area contributed by atoms with Crippen LogP contribution >= 0.6 is 7.82 Å². The minimum absolute atomic E-state index is 0.166. The summed E-state index contributed by atoms with van der Waals surface area (Å²) in [5, 5.41) is 6.93. The molecular formula is C37H67NO10P-. The molecule has 0 fully saturated rings. The average Bonchev–Trinajstić information content (AvgIpc) is 3.09. The zero-order valence-corrected chi connectivity index (χ0v) is 31.4. The molecule has 0 aliphatic heterocycles. The first kappa shape index (κ1) is 46.9. The Hall–Kier alpha value is -2.07. The second kappa shape index (κ2) is 34.4. The number of ether oxygens (including phenoxy) is 3. The lowest BCUT2D eigenvalue weighted by atomic mass is 10.0. The van der Waals surface area contributed by atoms with Crippen molar-refractivity contribution in [3.8, 4) is 0 Å². The van der Waals surface area contributed by atoms with Gasteiger partial charge >= 0.3 is 17.9 Å². The Balaban J connectivity index is 4.18. The molecule has 1 N–H and O–H groups in total. The highest BCUT2D eigenvalue weighted by molar-refractivity contribution is 7.45. The predicted octanol–water partition coefficient (Wildman–Crippen LogP) is 9.09. The number of carbonyl (C=O) groups excluding carboxylic acids is 3. The summed E-state index contributed by atoms with van der Waals surface area (Å²) in [7, 11) is -4.71. The quantitative estimate of drug-likeness (QED) is 0.0164. The molecule has 0 aromatic rings. The average molecular weight is 717 g/mol. The first-order chi connectivity index (χ1) is 23.7. The maximum absolute atomic E-state index is 12.5. The van der Waals surface area contributed by atoms with Crippen LogP contribution in [0.2, 0.25) is 0 Å². The molecule has 0 saturated carbocycles. The third-order valence-corrected chi connectivity index (χ3v) is 9.06. The minimum atomic E-state index is -4.71. The van der Waals surface area contributed by atoms with Crippen LogP contribution in [0.25, 0.3) is 0 Å². The van der Waals surface area contributed by atoms with Gasteiger partial charge in [-0.3, -0.25) is 14.2 Å². The second-order valence-corrected chi connectivity index (χ2v) is 14.1. The van der Waals surface area contributed by atoms with Crippen molar-refractivity contribution in [3.63, 3.8) is 0 Å². The molecule has 0 aromatic carbocycles. The Labute approximate surface area is 296 Å². The van der Waals surface area contributed by atoms with Crippen molar-refractivity contribution in [1.82, 2.24) is 0 Å². The first-order valence-electron chi connectivity index (χ1n) is 19.0. The van der Waals surface area contributed by atoms with E-state index in [4.69, 9.17) is 24.1 Å². The van der Waals surface area contributed by atoms with Gasteiger partial charge in [-0.05, 0) is 19.3 Å². The fourth-order valence-corrected chi connectivity index (χ4v) is 5.94. The smallest absolute Gasteiger partial charge is 0.330 e. The van der Waals surface area contributed by atoms with Crippen molar-refractivity contribution in [2.45, 2.75) is 174 Å². The number of hydrogen-bond donors (Lipinski definition) is 1. The van der Waals surface area contributed by atoms with E-state index in [0.29, 0.717) is 19.4 Å². The van der Waals surface area contributed by atoms with Crippen LogP contribution in [0.4, 0.5) is 0 Å². The molecule has 12 heteroatoms. The van der Waals surface area contributed by atoms with E-state index in [1.165, 1.54) is 63.9 Å². The van der Waals surface area contributed by atoms with Crippen LogP contribution in [-0.4, -0.2) is 56.7 Å². The Morgan fingerprint density at radius 3 is 1.57 bits per heavy atom. The van der Waals surface area contributed by atoms with Crippen LogP contribution in [0.5, 0.6) is 0 Å². The molecule has 0 heterocycles. The number of unbranched alkanes of at least 4 members (excludes halogenated alkanes) is 21. The van der Waals surface area contributed by atoms with E-state index < -0.39 is 39.1 Å². The Morgan fingerprint density at radius 2 is 1.10 bits per heavy atom. The van der Waals surface area contributed by atoms with E-state index in [2.05, 4.69) is 18.0 Å². The lowest BCUT2D eigenvalue weighted by molar-refractivity contribution is -0.227. The number of phosphoric acid groups is 1. The van der Waals surface area contributed by atoms with Gasteiger partial charge in [0.1, 0.15) is 6.61 Å². The number of rotatable bonds is 37. The molecule has 0 aliphatic rings. The Bertz CT molecular complexity index is 900. The summed E-state index contributed by atoms with van der Waals surface area (Å²) in [6.45, 7) is 4.72. The van der Waals surface area contributed by atoms with Gasteiger partial charge in [0.15, 0.2) is 6.10 Å². The molecule has 0 spiro atoms. The van der Waals surface area contributed by atoms with Gasteiger partial charge in [0.2, 0.25) is 0 Å². The Morgan fingerprint density at radius 1 is 0.653 bits per heavy atom. The third kappa shape index (κ3) is 34.2. The largest absolute Gasteiger partial charge is 0.756 e. The van der Waals surface area contributed by atoms with Crippen LogP contribution in [0.1, 0.15) is 167 Å². The van der Waals surface area contributed by atoms with Gasteiger partial charge < -0.3 is 33.6 Å². The van der Waals surface area contributed by atoms with Crippen LogP contribution in [0.15, 0.2) is 12.7 Å². The Kier molecular flexibility index (Phi) is 32.9.